The molecule has 0 saturated carbocycles. The Morgan fingerprint density at radius 2 is 2.17 bits per heavy atom. The number of likely N-dealkylation sites (tertiary alicyclic amines) is 1. The van der Waals surface area contributed by atoms with Crippen LogP contribution in [0.3, 0.4) is 0 Å². The molecule has 1 aliphatic rings. The molecule has 0 spiro atoms. The summed E-state index contributed by atoms with van der Waals surface area (Å²) >= 11 is 0. The second-order valence-electron chi connectivity index (χ2n) is 7.91. The summed E-state index contributed by atoms with van der Waals surface area (Å²) in [5, 5.41) is 3.10. The van der Waals surface area contributed by atoms with Gasteiger partial charge in [-0.2, -0.15) is 0 Å². The van der Waals surface area contributed by atoms with Crippen LogP contribution in [0.5, 0.6) is 0 Å². The molecule has 0 bridgehead atoms. The maximum atomic E-state index is 12.0. The molecule has 1 N–H and O–H groups in total. The minimum atomic E-state index is -0.314. The molecular weight excluding hydrogens is 300 g/mol. The van der Waals surface area contributed by atoms with Crippen LogP contribution in [-0.4, -0.2) is 39.8 Å². The van der Waals surface area contributed by atoms with E-state index in [9.17, 15) is 4.79 Å². The first-order chi connectivity index (χ1) is 11.3. The zero-order valence-electron chi connectivity index (χ0n) is 15.2. The minimum absolute atomic E-state index is 0.136. The molecule has 0 unspecified atom stereocenters. The van der Waals surface area contributed by atoms with Crippen LogP contribution in [-0.2, 0) is 11.3 Å². The molecule has 130 valence electrons. The average molecular weight is 328 g/mol. The van der Waals surface area contributed by atoms with Crippen LogP contribution in [0.25, 0.3) is 5.52 Å². The van der Waals surface area contributed by atoms with E-state index in [4.69, 9.17) is 4.98 Å². The van der Waals surface area contributed by atoms with Crippen LogP contribution in [0.2, 0.25) is 0 Å². The van der Waals surface area contributed by atoms with E-state index >= 15 is 0 Å². The van der Waals surface area contributed by atoms with Crippen LogP contribution in [0.1, 0.15) is 38.7 Å². The predicted molar refractivity (Wildman–Crippen MR) is 95.8 cm³/mol. The van der Waals surface area contributed by atoms with E-state index in [0.717, 1.165) is 44.1 Å². The first-order valence-electron chi connectivity index (χ1n) is 8.78. The Labute approximate surface area is 144 Å². The van der Waals surface area contributed by atoms with Crippen molar-refractivity contribution in [2.45, 2.75) is 40.7 Å². The second kappa shape index (κ2) is 6.55. The summed E-state index contributed by atoms with van der Waals surface area (Å²) in [6.45, 7) is 11.7. The van der Waals surface area contributed by atoms with E-state index in [1.807, 2.05) is 33.8 Å². The molecule has 3 heterocycles. The number of nitrogens with one attached hydrogen (secondary N) is 1. The van der Waals surface area contributed by atoms with Crippen molar-refractivity contribution in [3.63, 3.8) is 0 Å². The Bertz CT molecular complexity index is 729. The third kappa shape index (κ3) is 3.61. The number of hydrogen-bond acceptors (Lipinski definition) is 3. The van der Waals surface area contributed by atoms with E-state index in [1.165, 1.54) is 5.52 Å². The maximum absolute atomic E-state index is 12.0. The third-order valence-corrected chi connectivity index (χ3v) is 4.78. The molecule has 1 saturated heterocycles. The largest absolute Gasteiger partial charge is 0.355 e. The van der Waals surface area contributed by atoms with Crippen molar-refractivity contribution >= 4 is 11.4 Å². The molecule has 2 aromatic rings. The molecular formula is C19H28N4O. The van der Waals surface area contributed by atoms with Crippen molar-refractivity contribution in [2.24, 2.45) is 11.3 Å². The fourth-order valence-corrected chi connectivity index (χ4v) is 3.32. The zero-order chi connectivity index (χ0) is 17.3. The number of amides is 1. The van der Waals surface area contributed by atoms with Crippen molar-refractivity contribution in [3.8, 4) is 0 Å². The summed E-state index contributed by atoms with van der Waals surface area (Å²) in [5.41, 5.74) is 2.03. The Hall–Kier alpha value is -1.88. The average Bonchev–Trinajstić information content (AvgIpc) is 3.10. The van der Waals surface area contributed by atoms with E-state index in [1.54, 1.807) is 0 Å². The first-order valence-corrected chi connectivity index (χ1v) is 8.78. The summed E-state index contributed by atoms with van der Waals surface area (Å²) in [6.07, 6.45) is 3.20. The molecule has 1 atom stereocenters. The van der Waals surface area contributed by atoms with Gasteiger partial charge in [-0.15, -0.1) is 0 Å². The van der Waals surface area contributed by atoms with Gasteiger partial charge in [0, 0.05) is 31.2 Å². The quantitative estimate of drug-likeness (QED) is 0.939. The maximum Gasteiger partial charge on any atom is 0.225 e. The van der Waals surface area contributed by atoms with E-state index < -0.39 is 0 Å². The fraction of sp³-hybridized carbons (Fsp3) is 0.579. The third-order valence-electron chi connectivity index (χ3n) is 4.78. The lowest BCUT2D eigenvalue weighted by Gasteiger charge is -2.20. The van der Waals surface area contributed by atoms with Crippen molar-refractivity contribution < 1.29 is 4.79 Å². The molecule has 3 rings (SSSR count). The highest BCUT2D eigenvalue weighted by atomic mass is 16.2. The van der Waals surface area contributed by atoms with Crippen LogP contribution in [0.4, 0.5) is 0 Å². The SMILES string of the molecule is Cc1nc(CN2CC[C@H](CNC(=O)C(C)(C)C)C2)c2ccccn12. The number of fused-ring (bicyclic) bond motifs is 1. The van der Waals surface area contributed by atoms with Gasteiger partial charge in [0.15, 0.2) is 0 Å². The Morgan fingerprint density at radius 3 is 2.92 bits per heavy atom. The van der Waals surface area contributed by atoms with Gasteiger partial charge in [-0.25, -0.2) is 4.98 Å². The lowest BCUT2D eigenvalue weighted by molar-refractivity contribution is -0.128. The van der Waals surface area contributed by atoms with Crippen molar-refractivity contribution in [1.29, 1.82) is 0 Å². The van der Waals surface area contributed by atoms with Gasteiger partial charge >= 0.3 is 0 Å². The number of aromatic nitrogens is 2. The molecule has 0 radical (unpaired) electrons. The van der Waals surface area contributed by atoms with Gasteiger partial charge in [-0.3, -0.25) is 9.69 Å². The molecule has 24 heavy (non-hydrogen) atoms. The molecule has 5 nitrogen and oxygen atoms in total. The topological polar surface area (TPSA) is 49.6 Å². The minimum Gasteiger partial charge on any atom is -0.355 e. The van der Waals surface area contributed by atoms with Gasteiger partial charge in [-0.1, -0.05) is 26.8 Å². The summed E-state index contributed by atoms with van der Waals surface area (Å²) < 4.78 is 2.15. The highest BCUT2D eigenvalue weighted by Gasteiger charge is 2.26. The van der Waals surface area contributed by atoms with Crippen LogP contribution >= 0.6 is 0 Å². The molecule has 1 fully saturated rings. The molecule has 0 aromatic carbocycles. The summed E-state index contributed by atoms with van der Waals surface area (Å²) in [4.78, 5) is 19.2. The number of carbonyl (C=O) groups excluding carboxylic acids is 1. The molecule has 0 aliphatic carbocycles. The molecule has 5 heteroatoms. The number of nitrogens with zero attached hydrogens (tertiary/aromatic N) is 3. The van der Waals surface area contributed by atoms with Gasteiger partial charge in [0.2, 0.25) is 5.91 Å². The number of aryl methyl sites for hydroxylation is 1. The van der Waals surface area contributed by atoms with Crippen molar-refractivity contribution in [1.82, 2.24) is 19.6 Å². The monoisotopic (exact) mass is 328 g/mol. The van der Waals surface area contributed by atoms with Crippen molar-refractivity contribution in [3.05, 3.63) is 35.9 Å². The van der Waals surface area contributed by atoms with E-state index in [0.29, 0.717) is 5.92 Å². The molecule has 1 aliphatic heterocycles. The Morgan fingerprint density at radius 1 is 1.38 bits per heavy atom. The number of carbonyl (C=O) groups is 1. The second-order valence-corrected chi connectivity index (χ2v) is 7.91. The van der Waals surface area contributed by atoms with Gasteiger partial charge in [0.25, 0.3) is 0 Å². The lowest BCUT2D eigenvalue weighted by atomic mass is 9.95. The van der Waals surface area contributed by atoms with Gasteiger partial charge < -0.3 is 9.72 Å². The van der Waals surface area contributed by atoms with Crippen LogP contribution < -0.4 is 5.32 Å². The zero-order valence-corrected chi connectivity index (χ0v) is 15.2. The summed E-state index contributed by atoms with van der Waals surface area (Å²) in [7, 11) is 0. The number of rotatable bonds is 4. The highest BCUT2D eigenvalue weighted by molar-refractivity contribution is 5.81. The predicted octanol–water partition coefficient (Wildman–Crippen LogP) is 2.63. The Kier molecular flexibility index (Phi) is 4.63. The van der Waals surface area contributed by atoms with Gasteiger partial charge in [0.1, 0.15) is 5.82 Å². The Balaban J connectivity index is 1.57. The number of pyridine rings is 1. The molecule has 2 aromatic heterocycles. The van der Waals surface area contributed by atoms with Gasteiger partial charge in [-0.05, 0) is 37.9 Å². The number of hydrogen-bond donors (Lipinski definition) is 1. The van der Waals surface area contributed by atoms with E-state index in [2.05, 4.69) is 32.9 Å². The van der Waals surface area contributed by atoms with Gasteiger partial charge in [0.05, 0.1) is 11.2 Å². The van der Waals surface area contributed by atoms with Crippen LogP contribution in [0, 0.1) is 18.3 Å². The summed E-state index contributed by atoms with van der Waals surface area (Å²) in [5.74, 6) is 1.71. The van der Waals surface area contributed by atoms with Crippen LogP contribution in [0.15, 0.2) is 24.4 Å². The normalized spacial score (nSPS) is 19.1. The first kappa shape index (κ1) is 17.0. The summed E-state index contributed by atoms with van der Waals surface area (Å²) in [6, 6.07) is 6.23. The smallest absolute Gasteiger partial charge is 0.225 e. The molecule has 1 amide bonds. The van der Waals surface area contributed by atoms with Crippen molar-refractivity contribution in [2.75, 3.05) is 19.6 Å². The number of imidazole rings is 1. The standard InChI is InChI=1S/C19H28N4O/c1-14-21-16(17-7-5-6-9-23(14)17)13-22-10-8-15(12-22)11-20-18(24)19(2,3)4/h5-7,9,15H,8,10-13H2,1-4H3,(H,20,24)/t15-/m1/s1. The van der Waals surface area contributed by atoms with E-state index in [-0.39, 0.29) is 11.3 Å². The fourth-order valence-electron chi connectivity index (χ4n) is 3.32. The lowest BCUT2D eigenvalue weighted by Crippen LogP contribution is -2.38. The highest BCUT2D eigenvalue weighted by Crippen LogP contribution is 2.21.